The highest BCUT2D eigenvalue weighted by molar-refractivity contribution is 7.84. The highest BCUT2D eigenvalue weighted by atomic mass is 32.2. The molecular formula is C22H28F2N2OS. The second-order valence-electron chi connectivity index (χ2n) is 8.42. The normalized spacial score (nSPS) is 21.5. The van der Waals surface area contributed by atoms with E-state index in [1.54, 1.807) is 24.3 Å². The third-order valence-corrected chi connectivity index (χ3v) is 6.83. The molecule has 0 aliphatic heterocycles. The molecule has 0 saturated heterocycles. The maximum Gasteiger partial charge on any atom is 0.123 e. The minimum atomic E-state index is -1.08. The van der Waals surface area contributed by atoms with Crippen molar-refractivity contribution in [2.45, 2.75) is 63.3 Å². The molecule has 0 aromatic heterocycles. The summed E-state index contributed by atoms with van der Waals surface area (Å²) in [5.74, 6) is -0.348. The van der Waals surface area contributed by atoms with Crippen molar-refractivity contribution in [3.05, 3.63) is 70.3 Å². The fourth-order valence-electron chi connectivity index (χ4n) is 3.63. The molecule has 2 aliphatic rings. The van der Waals surface area contributed by atoms with Gasteiger partial charge in [0.2, 0.25) is 0 Å². The van der Waals surface area contributed by atoms with Gasteiger partial charge in [-0.05, 0) is 93.0 Å². The van der Waals surface area contributed by atoms with Crippen LogP contribution in [0.3, 0.4) is 0 Å². The largest absolute Gasteiger partial charge is 0.324 e. The van der Waals surface area contributed by atoms with E-state index < -0.39 is 11.0 Å². The molecule has 2 aromatic rings. The predicted molar refractivity (Wildman–Crippen MR) is 110 cm³/mol. The quantitative estimate of drug-likeness (QED) is 0.764. The molecule has 3 N–H and O–H groups in total. The van der Waals surface area contributed by atoms with Crippen LogP contribution in [-0.2, 0) is 23.8 Å². The lowest BCUT2D eigenvalue weighted by molar-refractivity contribution is 0.595. The summed E-state index contributed by atoms with van der Waals surface area (Å²) in [5.41, 5.74) is 10.1. The first-order chi connectivity index (χ1) is 13.1. The van der Waals surface area contributed by atoms with Gasteiger partial charge in [-0.3, -0.25) is 0 Å². The lowest BCUT2D eigenvalue weighted by Gasteiger charge is -2.22. The molecule has 0 fully saturated rings. The fraction of sp³-hybridized carbons (Fsp3) is 0.455. The number of hydrogen-bond acceptors (Lipinski definition) is 2. The Bertz CT molecular complexity index is 879. The van der Waals surface area contributed by atoms with Crippen LogP contribution in [0.1, 0.15) is 68.0 Å². The summed E-state index contributed by atoms with van der Waals surface area (Å²) in [6, 6.07) is 9.93. The molecule has 0 bridgehead atoms. The van der Waals surface area contributed by atoms with Crippen LogP contribution < -0.4 is 10.5 Å². The van der Waals surface area contributed by atoms with Crippen LogP contribution in [0.15, 0.2) is 36.4 Å². The number of nitrogens with two attached hydrogens (primary N) is 1. The molecule has 0 unspecified atom stereocenters. The van der Waals surface area contributed by atoms with E-state index in [9.17, 15) is 13.0 Å². The van der Waals surface area contributed by atoms with Gasteiger partial charge in [-0.25, -0.2) is 17.7 Å². The summed E-state index contributed by atoms with van der Waals surface area (Å²) in [6.07, 6.45) is 3.62. The van der Waals surface area contributed by atoms with Gasteiger partial charge in [0.1, 0.15) is 11.6 Å². The van der Waals surface area contributed by atoms with Crippen LogP contribution in [-0.4, -0.2) is 8.96 Å². The molecule has 0 heterocycles. The first kappa shape index (κ1) is 21.1. The second kappa shape index (κ2) is 8.39. The first-order valence-corrected chi connectivity index (χ1v) is 10.8. The van der Waals surface area contributed by atoms with Crippen molar-refractivity contribution in [1.82, 2.24) is 4.72 Å². The summed E-state index contributed by atoms with van der Waals surface area (Å²) in [5, 5.41) is 0. The summed E-state index contributed by atoms with van der Waals surface area (Å²) in [7, 11) is -1.08. The van der Waals surface area contributed by atoms with Crippen LogP contribution in [0, 0.1) is 11.6 Å². The number of hydrogen-bond donors (Lipinski definition) is 2. The number of aryl methyl sites for hydroxylation is 2. The summed E-state index contributed by atoms with van der Waals surface area (Å²) >= 11 is 0. The predicted octanol–water partition coefficient (Wildman–Crippen LogP) is 4.64. The molecule has 2 aliphatic carbocycles. The summed E-state index contributed by atoms with van der Waals surface area (Å²) < 4.78 is 40.6. The zero-order chi connectivity index (χ0) is 20.5. The molecule has 0 spiro atoms. The summed E-state index contributed by atoms with van der Waals surface area (Å²) in [4.78, 5) is 0. The molecule has 0 amide bonds. The standard InChI is InChI=1S/C13H18FNOS.C9H10FN/c1-13(2,3)17(16)15-12-7-4-9-8-10(14)5-6-11(9)12;10-7-2-3-8-6(5-7)1-4-9(8)11/h5-6,8,12,15H,4,7H2,1-3H3;2-3,5,9H,1,4,11H2/t12-,17-;9-/m11/s1. The third kappa shape index (κ3) is 4.85. The molecule has 152 valence electrons. The Morgan fingerprint density at radius 2 is 1.50 bits per heavy atom. The van der Waals surface area contributed by atoms with E-state index in [0.717, 1.165) is 47.9 Å². The minimum Gasteiger partial charge on any atom is -0.324 e. The van der Waals surface area contributed by atoms with Crippen LogP contribution >= 0.6 is 0 Å². The highest BCUT2D eigenvalue weighted by Crippen LogP contribution is 2.32. The first-order valence-electron chi connectivity index (χ1n) is 9.65. The lowest BCUT2D eigenvalue weighted by Crippen LogP contribution is -2.35. The van der Waals surface area contributed by atoms with Crippen LogP contribution in [0.25, 0.3) is 0 Å². The van der Waals surface area contributed by atoms with Crippen molar-refractivity contribution in [2.75, 3.05) is 0 Å². The number of benzene rings is 2. The van der Waals surface area contributed by atoms with Crippen molar-refractivity contribution in [3.8, 4) is 0 Å². The smallest absolute Gasteiger partial charge is 0.123 e. The monoisotopic (exact) mass is 406 g/mol. The Hall–Kier alpha value is -1.63. The minimum absolute atomic E-state index is 0.0886. The average molecular weight is 407 g/mol. The zero-order valence-corrected chi connectivity index (χ0v) is 17.4. The molecule has 3 nitrogen and oxygen atoms in total. The number of fused-ring (bicyclic) bond motifs is 2. The third-order valence-electron chi connectivity index (χ3n) is 5.22. The Balaban J connectivity index is 0.000000176. The Morgan fingerprint density at radius 1 is 0.964 bits per heavy atom. The maximum absolute atomic E-state index is 13.1. The van der Waals surface area contributed by atoms with E-state index >= 15 is 0 Å². The van der Waals surface area contributed by atoms with Crippen molar-refractivity contribution in [1.29, 1.82) is 0 Å². The lowest BCUT2D eigenvalue weighted by atomic mass is 10.1. The Labute approximate surface area is 168 Å². The zero-order valence-electron chi connectivity index (χ0n) is 16.6. The van der Waals surface area contributed by atoms with Gasteiger partial charge in [0.25, 0.3) is 0 Å². The average Bonchev–Trinajstić information content (AvgIpc) is 3.18. The molecule has 2 aromatic carbocycles. The molecular weight excluding hydrogens is 378 g/mol. The van der Waals surface area contributed by atoms with Gasteiger partial charge >= 0.3 is 0 Å². The van der Waals surface area contributed by atoms with Crippen molar-refractivity contribution < 1.29 is 13.0 Å². The molecule has 0 radical (unpaired) electrons. The molecule has 6 heteroatoms. The van der Waals surface area contributed by atoms with Gasteiger partial charge in [-0.2, -0.15) is 0 Å². The van der Waals surface area contributed by atoms with Crippen LogP contribution in [0.5, 0.6) is 0 Å². The van der Waals surface area contributed by atoms with Crippen LogP contribution in [0.2, 0.25) is 0 Å². The van der Waals surface area contributed by atoms with E-state index in [0.29, 0.717) is 0 Å². The number of nitrogens with one attached hydrogen (secondary N) is 1. The van der Waals surface area contributed by atoms with E-state index in [-0.39, 0.29) is 28.5 Å². The van der Waals surface area contributed by atoms with Crippen LogP contribution in [0.4, 0.5) is 8.78 Å². The van der Waals surface area contributed by atoms with E-state index in [4.69, 9.17) is 5.73 Å². The van der Waals surface area contributed by atoms with E-state index in [1.807, 2.05) is 20.8 Å². The maximum atomic E-state index is 13.1. The second-order valence-corrected chi connectivity index (χ2v) is 10.4. The summed E-state index contributed by atoms with van der Waals surface area (Å²) in [6.45, 7) is 5.82. The van der Waals surface area contributed by atoms with Crippen molar-refractivity contribution >= 4 is 11.0 Å². The Morgan fingerprint density at radius 3 is 2.11 bits per heavy atom. The van der Waals surface area contributed by atoms with Crippen molar-refractivity contribution in [2.24, 2.45) is 5.73 Å². The topological polar surface area (TPSA) is 55.1 Å². The molecule has 3 atom stereocenters. The van der Waals surface area contributed by atoms with Gasteiger partial charge in [0.05, 0.1) is 15.7 Å². The van der Waals surface area contributed by atoms with Gasteiger partial charge in [-0.15, -0.1) is 0 Å². The number of halogens is 2. The fourth-order valence-corrected chi connectivity index (χ4v) is 4.49. The Kier molecular flexibility index (Phi) is 6.32. The van der Waals surface area contributed by atoms with Crippen molar-refractivity contribution in [3.63, 3.8) is 0 Å². The van der Waals surface area contributed by atoms with Gasteiger partial charge in [0.15, 0.2) is 0 Å². The van der Waals surface area contributed by atoms with Gasteiger partial charge in [-0.1, -0.05) is 12.1 Å². The molecule has 28 heavy (non-hydrogen) atoms. The van der Waals surface area contributed by atoms with Gasteiger partial charge in [0, 0.05) is 12.1 Å². The van der Waals surface area contributed by atoms with E-state index in [1.165, 1.54) is 12.1 Å². The SMILES string of the molecule is CC(C)(C)[S@@](=O)N[C@@H]1CCc2cc(F)ccc21.N[C@@H]1CCc2cc(F)ccc21. The van der Waals surface area contributed by atoms with E-state index in [2.05, 4.69) is 4.72 Å². The number of rotatable bonds is 2. The molecule has 4 rings (SSSR count). The molecule has 0 saturated carbocycles. The van der Waals surface area contributed by atoms with Gasteiger partial charge < -0.3 is 5.73 Å². The highest BCUT2D eigenvalue weighted by Gasteiger charge is 2.28.